The van der Waals surface area contributed by atoms with Crippen molar-refractivity contribution < 1.29 is 9.53 Å². The van der Waals surface area contributed by atoms with Crippen molar-refractivity contribution in [3.8, 4) is 0 Å². The maximum Gasteiger partial charge on any atom is 0.187 e. The third-order valence-corrected chi connectivity index (χ3v) is 1.95. The molecule has 66 valence electrons. The van der Waals surface area contributed by atoms with E-state index in [1.807, 2.05) is 20.8 Å². The van der Waals surface area contributed by atoms with Crippen LogP contribution >= 0.6 is 0 Å². The van der Waals surface area contributed by atoms with Crippen LogP contribution < -0.4 is 0 Å². The Bertz CT molecular complexity index is 249. The average molecular weight is 166 g/mol. The molecule has 0 N–H and O–H groups in total. The lowest BCUT2D eigenvalue weighted by Crippen LogP contribution is -2.12. The normalized spacial score (nSPS) is 26.6. The van der Waals surface area contributed by atoms with E-state index in [9.17, 15) is 4.79 Å². The summed E-state index contributed by atoms with van der Waals surface area (Å²) >= 11 is 0. The van der Waals surface area contributed by atoms with Crippen LogP contribution in [0.25, 0.3) is 0 Å². The van der Waals surface area contributed by atoms with E-state index in [2.05, 4.69) is 6.58 Å². The average Bonchev–Trinajstić information content (AvgIpc) is 2.59. The van der Waals surface area contributed by atoms with Crippen molar-refractivity contribution >= 4 is 5.78 Å². The van der Waals surface area contributed by atoms with Crippen LogP contribution in [0.4, 0.5) is 0 Å². The van der Waals surface area contributed by atoms with Gasteiger partial charge in [0.25, 0.3) is 0 Å². The van der Waals surface area contributed by atoms with Crippen molar-refractivity contribution in [3.05, 3.63) is 24.3 Å². The minimum Gasteiger partial charge on any atom is -0.358 e. The number of epoxide rings is 1. The van der Waals surface area contributed by atoms with E-state index in [1.165, 1.54) is 0 Å². The first kappa shape index (κ1) is 9.20. The molecule has 12 heavy (non-hydrogen) atoms. The number of rotatable bonds is 3. The Kier molecular flexibility index (Phi) is 2.20. The summed E-state index contributed by atoms with van der Waals surface area (Å²) in [4.78, 5) is 11.3. The monoisotopic (exact) mass is 166 g/mol. The zero-order valence-electron chi connectivity index (χ0n) is 7.76. The summed E-state index contributed by atoms with van der Waals surface area (Å²) in [5.41, 5.74) is 0.626. The highest BCUT2D eigenvalue weighted by Crippen LogP contribution is 2.36. The summed E-state index contributed by atoms with van der Waals surface area (Å²) in [7, 11) is 0. The Morgan fingerprint density at radius 2 is 2.08 bits per heavy atom. The fraction of sp³-hybridized carbons (Fsp3) is 0.500. The van der Waals surface area contributed by atoms with Crippen molar-refractivity contribution in [3.63, 3.8) is 0 Å². The van der Waals surface area contributed by atoms with Gasteiger partial charge in [0, 0.05) is 0 Å². The van der Waals surface area contributed by atoms with Crippen LogP contribution in [0.3, 0.4) is 0 Å². The molecule has 1 saturated heterocycles. The predicted molar refractivity (Wildman–Crippen MR) is 47.9 cm³/mol. The number of carbonyl (C=O) groups excluding carboxylic acids is 1. The van der Waals surface area contributed by atoms with Crippen molar-refractivity contribution in [2.45, 2.75) is 32.5 Å². The van der Waals surface area contributed by atoms with Crippen LogP contribution in [0.1, 0.15) is 20.8 Å². The molecule has 2 nitrogen and oxygen atoms in total. The molecule has 1 aliphatic heterocycles. The first-order chi connectivity index (χ1) is 5.47. The standard InChI is InChI=1S/C10H14O2/c1-5-7(2)6-8(11)9-10(3,4)12-9/h5-6,9H,1H2,2-4H3/b7-6+/t9-/m0/s1. The second kappa shape index (κ2) is 2.87. The lowest BCUT2D eigenvalue weighted by atomic mass is 10.1. The first-order valence-electron chi connectivity index (χ1n) is 4.00. The second-order valence-electron chi connectivity index (χ2n) is 3.60. The van der Waals surface area contributed by atoms with Gasteiger partial charge in [0.15, 0.2) is 5.78 Å². The van der Waals surface area contributed by atoms with Gasteiger partial charge in [-0.1, -0.05) is 12.7 Å². The van der Waals surface area contributed by atoms with Crippen molar-refractivity contribution in [1.29, 1.82) is 0 Å². The molecular weight excluding hydrogens is 152 g/mol. The molecule has 1 atom stereocenters. The summed E-state index contributed by atoms with van der Waals surface area (Å²) < 4.78 is 5.18. The third kappa shape index (κ3) is 1.83. The topological polar surface area (TPSA) is 29.6 Å². The Hall–Kier alpha value is -0.890. The summed E-state index contributed by atoms with van der Waals surface area (Å²) in [5.74, 6) is 0.0393. The van der Waals surface area contributed by atoms with Gasteiger partial charge >= 0.3 is 0 Å². The van der Waals surface area contributed by atoms with Gasteiger partial charge in [-0.15, -0.1) is 0 Å². The predicted octanol–water partition coefficient (Wildman–Crippen LogP) is 1.87. The van der Waals surface area contributed by atoms with Gasteiger partial charge in [-0.25, -0.2) is 0 Å². The second-order valence-corrected chi connectivity index (χ2v) is 3.60. The van der Waals surface area contributed by atoms with Crippen molar-refractivity contribution in [2.75, 3.05) is 0 Å². The number of ether oxygens (including phenoxy) is 1. The Labute approximate surface area is 72.9 Å². The maximum absolute atomic E-state index is 11.3. The minimum absolute atomic E-state index is 0.0393. The maximum atomic E-state index is 11.3. The van der Waals surface area contributed by atoms with Crippen LogP contribution in [-0.4, -0.2) is 17.5 Å². The Morgan fingerprint density at radius 1 is 1.58 bits per heavy atom. The van der Waals surface area contributed by atoms with Crippen LogP contribution in [0.5, 0.6) is 0 Å². The SMILES string of the molecule is C=C/C(C)=C/C(=O)[C@@H]1OC1(C)C. The molecule has 0 aromatic rings. The fourth-order valence-electron chi connectivity index (χ4n) is 1.03. The van der Waals surface area contributed by atoms with Crippen molar-refractivity contribution in [1.82, 2.24) is 0 Å². The van der Waals surface area contributed by atoms with E-state index in [0.29, 0.717) is 0 Å². The van der Waals surface area contributed by atoms with E-state index in [0.717, 1.165) is 5.57 Å². The molecule has 1 heterocycles. The molecule has 1 aliphatic rings. The smallest absolute Gasteiger partial charge is 0.187 e. The van der Waals surface area contributed by atoms with Crippen molar-refractivity contribution in [2.24, 2.45) is 0 Å². The van der Waals surface area contributed by atoms with E-state index in [4.69, 9.17) is 4.74 Å². The molecule has 1 fully saturated rings. The molecule has 0 aromatic carbocycles. The van der Waals surface area contributed by atoms with Crippen LogP contribution in [0, 0.1) is 0 Å². The lowest BCUT2D eigenvalue weighted by molar-refractivity contribution is -0.115. The number of allylic oxidation sites excluding steroid dienone is 2. The van der Waals surface area contributed by atoms with Gasteiger partial charge < -0.3 is 4.74 Å². The van der Waals surface area contributed by atoms with Gasteiger partial charge in [0.05, 0.1) is 5.60 Å². The van der Waals surface area contributed by atoms with Crippen LogP contribution in [-0.2, 0) is 9.53 Å². The molecule has 0 aliphatic carbocycles. The Morgan fingerprint density at radius 3 is 2.42 bits per heavy atom. The van der Waals surface area contributed by atoms with E-state index >= 15 is 0 Å². The van der Waals surface area contributed by atoms with E-state index in [-0.39, 0.29) is 17.5 Å². The minimum atomic E-state index is -0.255. The van der Waals surface area contributed by atoms with Gasteiger partial charge in [-0.3, -0.25) is 4.79 Å². The molecule has 0 aromatic heterocycles. The summed E-state index contributed by atoms with van der Waals surface area (Å²) in [6, 6.07) is 0. The summed E-state index contributed by atoms with van der Waals surface area (Å²) in [5, 5.41) is 0. The Balaban J connectivity index is 2.58. The fourth-order valence-corrected chi connectivity index (χ4v) is 1.03. The number of hydrogen-bond acceptors (Lipinski definition) is 2. The molecule has 2 heteroatoms. The van der Waals surface area contributed by atoms with Gasteiger partial charge in [0.2, 0.25) is 0 Å². The highest BCUT2D eigenvalue weighted by molar-refractivity contribution is 5.97. The highest BCUT2D eigenvalue weighted by atomic mass is 16.6. The number of hydrogen-bond donors (Lipinski definition) is 0. The molecule has 0 bridgehead atoms. The zero-order valence-corrected chi connectivity index (χ0v) is 7.76. The molecular formula is C10H14O2. The number of carbonyl (C=O) groups is 1. The molecule has 0 spiro atoms. The largest absolute Gasteiger partial charge is 0.358 e. The van der Waals surface area contributed by atoms with Gasteiger partial charge in [0.1, 0.15) is 6.10 Å². The van der Waals surface area contributed by atoms with Gasteiger partial charge in [-0.05, 0) is 32.4 Å². The highest BCUT2D eigenvalue weighted by Gasteiger charge is 2.51. The van der Waals surface area contributed by atoms with E-state index in [1.54, 1.807) is 12.2 Å². The molecule has 0 radical (unpaired) electrons. The first-order valence-corrected chi connectivity index (χ1v) is 4.00. The molecule has 0 saturated carbocycles. The van der Waals surface area contributed by atoms with Crippen LogP contribution in [0.2, 0.25) is 0 Å². The quantitative estimate of drug-likeness (QED) is 0.364. The third-order valence-electron chi connectivity index (χ3n) is 1.95. The molecule has 1 rings (SSSR count). The zero-order chi connectivity index (χ0) is 9.35. The summed E-state index contributed by atoms with van der Waals surface area (Å²) in [6.45, 7) is 9.23. The summed E-state index contributed by atoms with van der Waals surface area (Å²) in [6.07, 6.45) is 2.99. The lowest BCUT2D eigenvalue weighted by Gasteiger charge is -1.92. The number of ketones is 1. The van der Waals surface area contributed by atoms with Crippen LogP contribution in [0.15, 0.2) is 24.3 Å². The van der Waals surface area contributed by atoms with E-state index < -0.39 is 0 Å². The molecule has 0 unspecified atom stereocenters. The van der Waals surface area contributed by atoms with Gasteiger partial charge in [-0.2, -0.15) is 0 Å². The molecule has 0 amide bonds.